The van der Waals surface area contributed by atoms with Crippen molar-refractivity contribution in [2.75, 3.05) is 0 Å². The van der Waals surface area contributed by atoms with Gasteiger partial charge in [0.2, 0.25) is 5.56 Å². The molecule has 9 heteroatoms. The van der Waals surface area contributed by atoms with Crippen LogP contribution in [0.1, 0.15) is 34.3 Å². The summed E-state index contributed by atoms with van der Waals surface area (Å²) in [4.78, 5) is 23.0. The van der Waals surface area contributed by atoms with Crippen molar-refractivity contribution in [1.29, 1.82) is 0 Å². The first-order valence-corrected chi connectivity index (χ1v) is 10.4. The third-order valence-corrected chi connectivity index (χ3v) is 6.36. The molecule has 178 valence electrons. The minimum Gasteiger partial charge on any atom is -0.478 e. The molecule has 0 saturated carbocycles. The molecular formula is C25H20ClF4NO3. The number of rotatable bonds is 6. The summed E-state index contributed by atoms with van der Waals surface area (Å²) in [5.41, 5.74) is -2.82. The van der Waals surface area contributed by atoms with E-state index in [-0.39, 0.29) is 16.1 Å². The van der Waals surface area contributed by atoms with Crippen LogP contribution in [0.5, 0.6) is 0 Å². The summed E-state index contributed by atoms with van der Waals surface area (Å²) < 4.78 is 58.5. The molecule has 34 heavy (non-hydrogen) atoms. The highest BCUT2D eigenvalue weighted by atomic mass is 35.5. The van der Waals surface area contributed by atoms with E-state index in [0.717, 1.165) is 41.1 Å². The fourth-order valence-corrected chi connectivity index (χ4v) is 4.42. The fraction of sp³-hybridized carbons (Fsp3) is 0.200. The van der Waals surface area contributed by atoms with E-state index in [4.69, 9.17) is 16.7 Å². The van der Waals surface area contributed by atoms with Crippen molar-refractivity contribution in [3.8, 4) is 11.1 Å². The lowest BCUT2D eigenvalue weighted by molar-refractivity contribution is -0.181. The number of halogens is 5. The molecule has 0 bridgehead atoms. The lowest BCUT2D eigenvalue weighted by Crippen LogP contribution is -2.45. The van der Waals surface area contributed by atoms with Crippen LogP contribution < -0.4 is 5.56 Å². The Balaban J connectivity index is 2.15. The predicted octanol–water partition coefficient (Wildman–Crippen LogP) is 6.33. The summed E-state index contributed by atoms with van der Waals surface area (Å²) in [6.45, 7) is 4.83. The van der Waals surface area contributed by atoms with Crippen molar-refractivity contribution in [3.63, 3.8) is 0 Å². The largest absolute Gasteiger partial charge is 0.478 e. The van der Waals surface area contributed by atoms with E-state index in [1.807, 2.05) is 0 Å². The van der Waals surface area contributed by atoms with Gasteiger partial charge in [-0.1, -0.05) is 48.9 Å². The van der Waals surface area contributed by atoms with E-state index in [9.17, 15) is 27.2 Å². The predicted molar refractivity (Wildman–Crippen MR) is 122 cm³/mol. The van der Waals surface area contributed by atoms with Crippen molar-refractivity contribution in [1.82, 2.24) is 4.57 Å². The molecule has 0 radical (unpaired) electrons. The molecule has 0 unspecified atom stereocenters. The Kier molecular flexibility index (Phi) is 6.75. The Labute approximate surface area is 197 Å². The second-order valence-electron chi connectivity index (χ2n) is 7.90. The van der Waals surface area contributed by atoms with E-state index in [1.165, 1.54) is 38.2 Å². The average Bonchev–Trinajstić information content (AvgIpc) is 2.76. The van der Waals surface area contributed by atoms with Gasteiger partial charge in [0, 0.05) is 30.3 Å². The number of allylic oxidation sites excluding steroid dienone is 1. The minimum absolute atomic E-state index is 0.00601. The molecule has 4 nitrogen and oxygen atoms in total. The molecule has 3 rings (SSSR count). The third-order valence-electron chi connectivity index (χ3n) is 6.03. The fourth-order valence-electron chi connectivity index (χ4n) is 4.08. The highest BCUT2D eigenvalue weighted by Gasteiger charge is 2.58. The lowest BCUT2D eigenvalue weighted by atomic mass is 9.68. The lowest BCUT2D eigenvalue weighted by Gasteiger charge is -2.39. The maximum Gasteiger partial charge on any atom is 0.402 e. The number of aromatic carboxylic acids is 1. The number of nitrogens with zero attached hydrogens (tertiary/aromatic N) is 1. The molecular weight excluding hydrogens is 474 g/mol. The molecule has 1 heterocycles. The van der Waals surface area contributed by atoms with Crippen molar-refractivity contribution in [2.45, 2.75) is 24.4 Å². The van der Waals surface area contributed by atoms with Crippen LogP contribution in [0.15, 0.2) is 72.2 Å². The van der Waals surface area contributed by atoms with Gasteiger partial charge in [0.15, 0.2) is 0 Å². The first-order valence-electron chi connectivity index (χ1n) is 10.0. The van der Waals surface area contributed by atoms with E-state index in [1.54, 1.807) is 0 Å². The van der Waals surface area contributed by atoms with Gasteiger partial charge >= 0.3 is 12.1 Å². The van der Waals surface area contributed by atoms with E-state index < -0.39 is 40.4 Å². The van der Waals surface area contributed by atoms with Gasteiger partial charge < -0.3 is 9.67 Å². The number of carbonyl (C=O) groups is 1. The molecule has 1 aromatic heterocycles. The molecule has 3 aromatic rings. The van der Waals surface area contributed by atoms with Gasteiger partial charge in [-0.2, -0.15) is 13.2 Å². The molecule has 0 spiro atoms. The van der Waals surface area contributed by atoms with Crippen LogP contribution in [0.25, 0.3) is 11.1 Å². The number of carboxylic acid groups (broad SMARTS) is 1. The summed E-state index contributed by atoms with van der Waals surface area (Å²) in [5.74, 6) is -3.61. The Hall–Kier alpha value is -3.39. The number of hydrogen-bond donors (Lipinski definition) is 1. The van der Waals surface area contributed by atoms with Gasteiger partial charge in [-0.05, 0) is 40.5 Å². The summed E-state index contributed by atoms with van der Waals surface area (Å²) >= 11 is 6.42. The Bertz CT molecular complexity index is 1330. The van der Waals surface area contributed by atoms with Crippen LogP contribution in [0, 0.1) is 5.82 Å². The van der Waals surface area contributed by atoms with Crippen LogP contribution in [0.3, 0.4) is 0 Å². The van der Waals surface area contributed by atoms with Crippen LogP contribution in [-0.2, 0) is 12.5 Å². The van der Waals surface area contributed by atoms with E-state index in [0.29, 0.717) is 11.1 Å². The van der Waals surface area contributed by atoms with Gasteiger partial charge in [0.25, 0.3) is 0 Å². The summed E-state index contributed by atoms with van der Waals surface area (Å²) in [6, 6.07) is 9.96. The van der Waals surface area contributed by atoms with Gasteiger partial charge in [-0.25, -0.2) is 9.18 Å². The summed E-state index contributed by atoms with van der Waals surface area (Å²) in [7, 11) is 1.36. The Morgan fingerprint density at radius 2 is 1.74 bits per heavy atom. The first kappa shape index (κ1) is 25.2. The Morgan fingerprint density at radius 1 is 1.12 bits per heavy atom. The van der Waals surface area contributed by atoms with Crippen LogP contribution in [0.2, 0.25) is 5.02 Å². The molecule has 0 saturated heterocycles. The zero-order valence-electron chi connectivity index (χ0n) is 18.2. The number of aromatic nitrogens is 1. The SMILES string of the molecule is C=C[C@@](c1ccc(=O)n(C)c1)([C@H](C)c1ccc(-c2ccc(F)c(C(=O)O)c2)cc1Cl)C(F)(F)F. The average molecular weight is 494 g/mol. The monoisotopic (exact) mass is 493 g/mol. The number of pyridine rings is 1. The highest BCUT2D eigenvalue weighted by Crippen LogP contribution is 2.52. The third kappa shape index (κ3) is 4.25. The maximum atomic E-state index is 14.6. The smallest absolute Gasteiger partial charge is 0.402 e. The molecule has 0 aliphatic heterocycles. The molecule has 2 atom stereocenters. The van der Waals surface area contributed by atoms with Crippen molar-refractivity contribution >= 4 is 17.6 Å². The number of benzene rings is 2. The topological polar surface area (TPSA) is 59.3 Å². The van der Waals surface area contributed by atoms with Crippen molar-refractivity contribution < 1.29 is 27.5 Å². The van der Waals surface area contributed by atoms with Gasteiger partial charge in [0.05, 0.1) is 5.56 Å². The molecule has 2 aromatic carbocycles. The molecule has 0 fully saturated rings. The standard InChI is InChI=1S/C25H20ClF4NO3/c1-4-24(25(28,29)30,17-7-10-22(32)31(3)13-17)14(2)18-8-5-16(12-20(18)26)15-6-9-21(27)19(11-15)23(33)34/h4-14H,1H2,2-3H3,(H,33,34)/t14-,24+/m1/s1. The zero-order chi connectivity index (χ0) is 25.4. The number of aryl methyl sites for hydroxylation is 1. The van der Waals surface area contributed by atoms with Gasteiger partial charge in [-0.15, -0.1) is 6.58 Å². The molecule has 0 aliphatic carbocycles. The molecule has 1 N–H and O–H groups in total. The molecule has 0 aliphatic rings. The number of alkyl halides is 3. The van der Waals surface area contributed by atoms with Crippen molar-refractivity contribution in [2.24, 2.45) is 7.05 Å². The minimum atomic E-state index is -4.78. The molecule has 0 amide bonds. The normalized spacial score (nSPS) is 14.3. The van der Waals surface area contributed by atoms with E-state index in [2.05, 4.69) is 6.58 Å². The van der Waals surface area contributed by atoms with Crippen LogP contribution in [0.4, 0.5) is 17.6 Å². The van der Waals surface area contributed by atoms with Crippen LogP contribution >= 0.6 is 11.6 Å². The maximum absolute atomic E-state index is 14.6. The van der Waals surface area contributed by atoms with Crippen LogP contribution in [-0.4, -0.2) is 21.8 Å². The number of hydrogen-bond acceptors (Lipinski definition) is 2. The summed E-state index contributed by atoms with van der Waals surface area (Å²) in [5, 5.41) is 9.15. The highest BCUT2D eigenvalue weighted by molar-refractivity contribution is 6.31. The second-order valence-corrected chi connectivity index (χ2v) is 8.30. The quantitative estimate of drug-likeness (QED) is 0.322. The van der Waals surface area contributed by atoms with Crippen molar-refractivity contribution in [3.05, 3.63) is 105 Å². The van der Waals surface area contributed by atoms with Gasteiger partial charge in [0.1, 0.15) is 11.2 Å². The van der Waals surface area contributed by atoms with E-state index >= 15 is 0 Å². The zero-order valence-corrected chi connectivity index (χ0v) is 18.9. The Morgan fingerprint density at radius 3 is 2.26 bits per heavy atom. The second kappa shape index (κ2) is 9.10. The first-order chi connectivity index (χ1) is 15.8. The van der Waals surface area contributed by atoms with Gasteiger partial charge in [-0.3, -0.25) is 4.79 Å². The summed E-state index contributed by atoms with van der Waals surface area (Å²) in [6.07, 6.45) is -2.84. The number of carboxylic acids is 1.